The van der Waals surface area contributed by atoms with Crippen LogP contribution < -0.4 is 14.8 Å². The van der Waals surface area contributed by atoms with Gasteiger partial charge < -0.3 is 19.9 Å². The van der Waals surface area contributed by atoms with Gasteiger partial charge in [0.1, 0.15) is 28.9 Å². The van der Waals surface area contributed by atoms with Crippen LogP contribution >= 0.6 is 0 Å². The first-order chi connectivity index (χ1) is 15.9. The highest BCUT2D eigenvalue weighted by atomic mass is 19.1. The van der Waals surface area contributed by atoms with Gasteiger partial charge in [-0.15, -0.1) is 0 Å². The quantitative estimate of drug-likeness (QED) is 0.358. The van der Waals surface area contributed by atoms with Crippen LogP contribution in [0.15, 0.2) is 36.4 Å². The molecule has 2 aromatic heterocycles. The summed E-state index contributed by atoms with van der Waals surface area (Å²) in [6, 6.07) is 6.62. The average Bonchev–Trinajstić information content (AvgIpc) is 3.19. The SMILES string of the molecule is CCOc1ccc(F)cc1-c1n[nH]c2nc(Oc3ccc(F)cc3F)nc(NC[C@@H](C)O)c12. The molecule has 0 bridgehead atoms. The Kier molecular flexibility index (Phi) is 6.31. The van der Waals surface area contributed by atoms with Crippen LogP contribution in [0.25, 0.3) is 22.3 Å². The molecule has 0 unspecified atom stereocenters. The molecule has 0 fully saturated rings. The largest absolute Gasteiger partial charge is 0.493 e. The lowest BCUT2D eigenvalue weighted by molar-refractivity contribution is 0.208. The molecule has 0 radical (unpaired) electrons. The molecular formula is C22H20F3N5O3. The van der Waals surface area contributed by atoms with Gasteiger partial charge in [0.25, 0.3) is 0 Å². The van der Waals surface area contributed by atoms with Gasteiger partial charge >= 0.3 is 6.01 Å². The Hall–Kier alpha value is -3.86. The van der Waals surface area contributed by atoms with E-state index in [0.717, 1.165) is 12.1 Å². The number of benzene rings is 2. The molecular weight excluding hydrogens is 439 g/mol. The Morgan fingerprint density at radius 1 is 1.06 bits per heavy atom. The Balaban J connectivity index is 1.84. The summed E-state index contributed by atoms with van der Waals surface area (Å²) in [4.78, 5) is 8.49. The van der Waals surface area contributed by atoms with Crippen molar-refractivity contribution in [1.29, 1.82) is 0 Å². The first kappa shape index (κ1) is 22.3. The highest BCUT2D eigenvalue weighted by molar-refractivity contribution is 6.00. The highest BCUT2D eigenvalue weighted by Gasteiger charge is 2.21. The number of rotatable bonds is 8. The average molecular weight is 459 g/mol. The van der Waals surface area contributed by atoms with Crippen molar-refractivity contribution in [2.75, 3.05) is 18.5 Å². The van der Waals surface area contributed by atoms with E-state index < -0.39 is 23.6 Å². The van der Waals surface area contributed by atoms with Crippen LogP contribution in [-0.4, -0.2) is 44.5 Å². The number of hydrogen-bond donors (Lipinski definition) is 3. The van der Waals surface area contributed by atoms with Crippen LogP contribution in [0.3, 0.4) is 0 Å². The van der Waals surface area contributed by atoms with Crippen molar-refractivity contribution in [3.8, 4) is 28.8 Å². The van der Waals surface area contributed by atoms with Gasteiger partial charge in [-0.1, -0.05) is 0 Å². The summed E-state index contributed by atoms with van der Waals surface area (Å²) in [6.07, 6.45) is -0.725. The molecule has 4 aromatic rings. The summed E-state index contributed by atoms with van der Waals surface area (Å²) in [5.74, 6) is -1.84. The van der Waals surface area contributed by atoms with Gasteiger partial charge in [0.05, 0.1) is 18.1 Å². The zero-order valence-corrected chi connectivity index (χ0v) is 17.7. The molecule has 0 saturated carbocycles. The smallest absolute Gasteiger partial charge is 0.326 e. The fourth-order valence-electron chi connectivity index (χ4n) is 3.15. The summed E-state index contributed by atoms with van der Waals surface area (Å²) >= 11 is 0. The van der Waals surface area contributed by atoms with Gasteiger partial charge in [0.2, 0.25) is 0 Å². The predicted octanol–water partition coefficient (Wildman–Crippen LogP) is 4.42. The molecule has 0 aliphatic heterocycles. The Morgan fingerprint density at radius 2 is 1.79 bits per heavy atom. The zero-order chi connectivity index (χ0) is 23.5. The monoisotopic (exact) mass is 459 g/mol. The molecule has 4 rings (SSSR count). The molecule has 11 heteroatoms. The van der Waals surface area contributed by atoms with Crippen LogP contribution in [0, 0.1) is 17.5 Å². The maximum atomic E-state index is 14.1. The lowest BCUT2D eigenvalue weighted by atomic mass is 10.1. The van der Waals surface area contributed by atoms with Crippen molar-refractivity contribution in [2.45, 2.75) is 20.0 Å². The number of aromatic nitrogens is 4. The topological polar surface area (TPSA) is 105 Å². The molecule has 0 spiro atoms. The second-order valence-corrected chi connectivity index (χ2v) is 7.13. The molecule has 8 nitrogen and oxygen atoms in total. The maximum Gasteiger partial charge on any atom is 0.326 e. The van der Waals surface area contributed by atoms with E-state index in [-0.39, 0.29) is 29.8 Å². The fourth-order valence-corrected chi connectivity index (χ4v) is 3.15. The Labute approximate surface area is 186 Å². The zero-order valence-electron chi connectivity index (χ0n) is 17.7. The van der Waals surface area contributed by atoms with Crippen molar-refractivity contribution in [1.82, 2.24) is 20.2 Å². The summed E-state index contributed by atoms with van der Waals surface area (Å²) < 4.78 is 52.3. The van der Waals surface area contributed by atoms with Crippen LogP contribution in [0.2, 0.25) is 0 Å². The summed E-state index contributed by atoms with van der Waals surface area (Å²) in [5.41, 5.74) is 0.878. The van der Waals surface area contributed by atoms with Crippen molar-refractivity contribution >= 4 is 16.9 Å². The van der Waals surface area contributed by atoms with Gasteiger partial charge in [-0.25, -0.2) is 13.2 Å². The molecule has 0 aliphatic rings. The number of aromatic amines is 1. The number of anilines is 1. The molecule has 2 aromatic carbocycles. The van der Waals surface area contributed by atoms with Gasteiger partial charge in [0, 0.05) is 18.2 Å². The number of aliphatic hydroxyl groups excluding tert-OH is 1. The summed E-state index contributed by atoms with van der Waals surface area (Å²) in [7, 11) is 0. The number of aliphatic hydroxyl groups is 1. The standard InChI is InChI=1S/C22H20F3N5O3/c1-3-32-16-6-4-12(23)8-14(16)19-18-20(26-10-11(2)31)27-22(28-21(18)30-29-19)33-17-7-5-13(24)9-15(17)25/h4-9,11,31H,3,10H2,1-2H3,(H2,26,27,28,29,30)/t11-/m1/s1. The summed E-state index contributed by atoms with van der Waals surface area (Å²) in [6.45, 7) is 3.84. The van der Waals surface area contributed by atoms with Crippen molar-refractivity contribution in [3.63, 3.8) is 0 Å². The molecule has 3 N–H and O–H groups in total. The molecule has 172 valence electrons. The number of nitrogens with one attached hydrogen (secondary N) is 2. The van der Waals surface area contributed by atoms with Crippen molar-refractivity contribution in [3.05, 3.63) is 53.8 Å². The third-order valence-electron chi connectivity index (χ3n) is 4.56. The van der Waals surface area contributed by atoms with Gasteiger partial charge in [-0.2, -0.15) is 15.1 Å². The van der Waals surface area contributed by atoms with E-state index in [2.05, 4.69) is 25.5 Å². The van der Waals surface area contributed by atoms with Crippen molar-refractivity contribution in [2.24, 2.45) is 0 Å². The minimum absolute atomic E-state index is 0.114. The first-order valence-corrected chi connectivity index (χ1v) is 10.1. The van der Waals surface area contributed by atoms with Crippen LogP contribution in [0.4, 0.5) is 19.0 Å². The first-order valence-electron chi connectivity index (χ1n) is 10.1. The number of hydrogen-bond acceptors (Lipinski definition) is 7. The Morgan fingerprint density at radius 3 is 2.48 bits per heavy atom. The number of halogens is 3. The minimum atomic E-state index is -0.927. The molecule has 0 aliphatic carbocycles. The van der Waals surface area contributed by atoms with E-state index in [4.69, 9.17) is 9.47 Å². The van der Waals surface area contributed by atoms with E-state index >= 15 is 0 Å². The van der Waals surface area contributed by atoms with E-state index in [1.165, 1.54) is 18.2 Å². The lowest BCUT2D eigenvalue weighted by Crippen LogP contribution is -2.16. The van der Waals surface area contributed by atoms with Crippen LogP contribution in [0.5, 0.6) is 17.5 Å². The third-order valence-corrected chi connectivity index (χ3v) is 4.56. The molecule has 2 heterocycles. The predicted molar refractivity (Wildman–Crippen MR) is 115 cm³/mol. The Bertz CT molecular complexity index is 1300. The number of H-pyrrole nitrogens is 1. The molecule has 0 amide bonds. The lowest BCUT2D eigenvalue weighted by Gasteiger charge is -2.13. The normalized spacial score (nSPS) is 12.1. The van der Waals surface area contributed by atoms with E-state index in [9.17, 15) is 18.3 Å². The minimum Gasteiger partial charge on any atom is -0.493 e. The fraction of sp³-hybridized carbons (Fsp3) is 0.227. The molecule has 33 heavy (non-hydrogen) atoms. The van der Waals surface area contributed by atoms with E-state index in [1.54, 1.807) is 13.8 Å². The third kappa shape index (κ3) is 4.82. The van der Waals surface area contributed by atoms with Crippen molar-refractivity contribution < 1.29 is 27.8 Å². The number of nitrogens with zero attached hydrogens (tertiary/aromatic N) is 3. The molecule has 1 atom stereocenters. The van der Waals surface area contributed by atoms with Gasteiger partial charge in [0.15, 0.2) is 17.2 Å². The highest BCUT2D eigenvalue weighted by Crippen LogP contribution is 2.37. The van der Waals surface area contributed by atoms with Crippen LogP contribution in [-0.2, 0) is 0 Å². The number of ether oxygens (including phenoxy) is 2. The van der Waals surface area contributed by atoms with E-state index in [0.29, 0.717) is 35.1 Å². The van der Waals surface area contributed by atoms with E-state index in [1.807, 2.05) is 0 Å². The van der Waals surface area contributed by atoms with Gasteiger partial charge in [-0.05, 0) is 44.2 Å². The maximum absolute atomic E-state index is 14.1. The van der Waals surface area contributed by atoms with Gasteiger partial charge in [-0.3, -0.25) is 5.10 Å². The molecule has 0 saturated heterocycles. The second-order valence-electron chi connectivity index (χ2n) is 7.13. The summed E-state index contributed by atoms with van der Waals surface area (Å²) in [5, 5.41) is 20.1. The number of fused-ring (bicyclic) bond motifs is 1. The second kappa shape index (κ2) is 9.33. The van der Waals surface area contributed by atoms with Crippen LogP contribution in [0.1, 0.15) is 13.8 Å².